The lowest BCUT2D eigenvalue weighted by Gasteiger charge is -2.30. The van der Waals surface area contributed by atoms with Crippen molar-refractivity contribution < 1.29 is 18.8 Å². The molecule has 0 radical (unpaired) electrons. The summed E-state index contributed by atoms with van der Waals surface area (Å²) < 4.78 is 16.3. The van der Waals surface area contributed by atoms with Crippen LogP contribution < -0.4 is 14.8 Å². The third-order valence-corrected chi connectivity index (χ3v) is 6.05. The number of ether oxygens (including phenoxy) is 2. The predicted octanol–water partition coefficient (Wildman–Crippen LogP) is 4.19. The number of amides is 1. The molecule has 1 aliphatic heterocycles. The number of methoxy groups -OCH3 is 1. The summed E-state index contributed by atoms with van der Waals surface area (Å²) in [6.45, 7) is 4.51. The van der Waals surface area contributed by atoms with Crippen molar-refractivity contribution in [2.75, 3.05) is 26.8 Å². The van der Waals surface area contributed by atoms with Crippen molar-refractivity contribution in [1.82, 2.24) is 20.4 Å². The van der Waals surface area contributed by atoms with Gasteiger partial charge in [-0.05, 0) is 69.3 Å². The summed E-state index contributed by atoms with van der Waals surface area (Å²) in [6.07, 6.45) is 1.57. The number of rotatable bonds is 9. The van der Waals surface area contributed by atoms with Gasteiger partial charge in [0, 0.05) is 16.5 Å². The monoisotopic (exact) mass is 484 g/mol. The first kappa shape index (κ1) is 24.0. The Morgan fingerprint density at radius 3 is 2.65 bits per heavy atom. The zero-order valence-electron chi connectivity index (χ0n) is 19.4. The van der Waals surface area contributed by atoms with Gasteiger partial charge in [-0.1, -0.05) is 28.9 Å². The highest BCUT2D eigenvalue weighted by atomic mass is 35.5. The first-order chi connectivity index (χ1) is 16.5. The minimum Gasteiger partial charge on any atom is -0.497 e. The molecule has 9 heteroatoms. The second-order valence-electron chi connectivity index (χ2n) is 8.47. The van der Waals surface area contributed by atoms with E-state index in [4.69, 9.17) is 25.6 Å². The molecule has 1 saturated heterocycles. The topological polar surface area (TPSA) is 89.7 Å². The molecule has 3 aromatic rings. The van der Waals surface area contributed by atoms with E-state index in [1.165, 1.54) is 0 Å². The highest BCUT2D eigenvalue weighted by Gasteiger charge is 2.27. The molecule has 1 aliphatic rings. The molecule has 1 fully saturated rings. The Kier molecular flexibility index (Phi) is 8.03. The number of aromatic nitrogens is 2. The quantitative estimate of drug-likeness (QED) is 0.487. The standard InChI is InChI=1S/C25H29ClN4O4/c1-17(16-33-22-8-6-21(32-2)7-9-22)27-25(31)18-10-12-30(13-11-18)15-23-28-24(29-34-23)19-4-3-5-20(26)14-19/h3-9,14,17-18H,10-13,15-16H2,1-2H3,(H,27,31). The third-order valence-electron chi connectivity index (χ3n) is 5.82. The van der Waals surface area contributed by atoms with Gasteiger partial charge in [0.15, 0.2) is 0 Å². The number of benzene rings is 2. The lowest BCUT2D eigenvalue weighted by molar-refractivity contribution is -0.127. The molecule has 1 amide bonds. The lowest BCUT2D eigenvalue weighted by atomic mass is 9.95. The van der Waals surface area contributed by atoms with Crippen LogP contribution in [0.5, 0.6) is 11.5 Å². The van der Waals surface area contributed by atoms with Crippen molar-refractivity contribution in [2.45, 2.75) is 32.4 Å². The molecule has 0 bridgehead atoms. The predicted molar refractivity (Wildman–Crippen MR) is 129 cm³/mol. The number of halogens is 1. The summed E-state index contributed by atoms with van der Waals surface area (Å²) in [5.74, 6) is 2.67. The largest absolute Gasteiger partial charge is 0.497 e. The Balaban J connectivity index is 1.19. The Bertz CT molecular complexity index is 1080. The van der Waals surface area contributed by atoms with Gasteiger partial charge in [-0.3, -0.25) is 9.69 Å². The van der Waals surface area contributed by atoms with E-state index >= 15 is 0 Å². The van der Waals surface area contributed by atoms with Crippen LogP contribution >= 0.6 is 11.6 Å². The van der Waals surface area contributed by atoms with Gasteiger partial charge in [0.05, 0.1) is 19.7 Å². The molecule has 8 nitrogen and oxygen atoms in total. The van der Waals surface area contributed by atoms with Crippen LogP contribution in [0.2, 0.25) is 5.02 Å². The Hall–Kier alpha value is -3.10. The van der Waals surface area contributed by atoms with Crippen molar-refractivity contribution in [3.63, 3.8) is 0 Å². The van der Waals surface area contributed by atoms with Crippen LogP contribution in [0.4, 0.5) is 0 Å². The van der Waals surface area contributed by atoms with Gasteiger partial charge in [-0.15, -0.1) is 0 Å². The van der Waals surface area contributed by atoms with Gasteiger partial charge in [0.25, 0.3) is 0 Å². The summed E-state index contributed by atoms with van der Waals surface area (Å²) in [5, 5.41) is 7.77. The van der Waals surface area contributed by atoms with Gasteiger partial charge in [-0.25, -0.2) is 0 Å². The van der Waals surface area contributed by atoms with Crippen molar-refractivity contribution in [3.05, 3.63) is 59.4 Å². The maximum Gasteiger partial charge on any atom is 0.241 e. The highest BCUT2D eigenvalue weighted by Crippen LogP contribution is 2.22. The van der Waals surface area contributed by atoms with Crippen LogP contribution in [0.3, 0.4) is 0 Å². The molecule has 1 atom stereocenters. The Labute approximate surface area is 204 Å². The summed E-state index contributed by atoms with van der Waals surface area (Å²) in [6, 6.07) is 14.7. The molecule has 1 aromatic heterocycles. The van der Waals surface area contributed by atoms with Gasteiger partial charge in [0.1, 0.15) is 18.1 Å². The van der Waals surface area contributed by atoms with E-state index in [9.17, 15) is 4.79 Å². The SMILES string of the molecule is COc1ccc(OCC(C)NC(=O)C2CCN(Cc3nc(-c4cccc(Cl)c4)no3)CC2)cc1. The zero-order valence-corrected chi connectivity index (χ0v) is 20.1. The fraction of sp³-hybridized carbons (Fsp3) is 0.400. The van der Waals surface area contributed by atoms with E-state index in [0.717, 1.165) is 43.0 Å². The first-order valence-corrected chi connectivity index (χ1v) is 11.8. The van der Waals surface area contributed by atoms with Crippen LogP contribution in [-0.4, -0.2) is 53.8 Å². The summed E-state index contributed by atoms with van der Waals surface area (Å²) in [7, 11) is 1.63. The number of piperidine rings is 1. The van der Waals surface area contributed by atoms with Crippen LogP contribution in [0.25, 0.3) is 11.4 Å². The molecule has 1 unspecified atom stereocenters. The van der Waals surface area contributed by atoms with E-state index in [1.54, 1.807) is 13.2 Å². The van der Waals surface area contributed by atoms with Crippen molar-refractivity contribution >= 4 is 17.5 Å². The summed E-state index contributed by atoms with van der Waals surface area (Å²) in [5.41, 5.74) is 0.822. The summed E-state index contributed by atoms with van der Waals surface area (Å²) in [4.78, 5) is 19.4. The zero-order chi connectivity index (χ0) is 23.9. The van der Waals surface area contributed by atoms with Crippen LogP contribution in [0.15, 0.2) is 53.1 Å². The number of nitrogens with one attached hydrogen (secondary N) is 1. The average Bonchev–Trinajstić information content (AvgIpc) is 3.32. The van der Waals surface area contributed by atoms with E-state index in [1.807, 2.05) is 49.4 Å². The molecule has 0 aliphatic carbocycles. The highest BCUT2D eigenvalue weighted by molar-refractivity contribution is 6.30. The van der Waals surface area contributed by atoms with Crippen molar-refractivity contribution in [1.29, 1.82) is 0 Å². The number of likely N-dealkylation sites (tertiary alicyclic amines) is 1. The van der Waals surface area contributed by atoms with E-state index < -0.39 is 0 Å². The number of carbonyl (C=O) groups excluding carboxylic acids is 1. The second-order valence-corrected chi connectivity index (χ2v) is 8.91. The first-order valence-electron chi connectivity index (χ1n) is 11.4. The fourth-order valence-electron chi connectivity index (χ4n) is 3.90. The average molecular weight is 485 g/mol. The fourth-order valence-corrected chi connectivity index (χ4v) is 4.09. The van der Waals surface area contributed by atoms with Crippen molar-refractivity contribution in [3.8, 4) is 22.9 Å². The van der Waals surface area contributed by atoms with Crippen molar-refractivity contribution in [2.24, 2.45) is 5.92 Å². The van der Waals surface area contributed by atoms with Crippen LogP contribution in [-0.2, 0) is 11.3 Å². The second kappa shape index (κ2) is 11.4. The smallest absolute Gasteiger partial charge is 0.241 e. The van der Waals surface area contributed by atoms with E-state index in [0.29, 0.717) is 29.9 Å². The van der Waals surface area contributed by atoms with Gasteiger partial charge >= 0.3 is 0 Å². The number of nitrogens with zero attached hydrogens (tertiary/aromatic N) is 3. The minimum absolute atomic E-state index is 0.00982. The van der Waals surface area contributed by atoms with Crippen LogP contribution in [0.1, 0.15) is 25.7 Å². The van der Waals surface area contributed by atoms with E-state index in [-0.39, 0.29) is 17.9 Å². The molecular formula is C25H29ClN4O4. The lowest BCUT2D eigenvalue weighted by Crippen LogP contribution is -2.44. The third kappa shape index (κ3) is 6.48. The number of carbonyl (C=O) groups is 1. The normalized spacial score (nSPS) is 15.6. The molecule has 180 valence electrons. The number of hydrogen-bond donors (Lipinski definition) is 1. The van der Waals surface area contributed by atoms with Gasteiger partial charge in [-0.2, -0.15) is 4.98 Å². The van der Waals surface area contributed by atoms with Crippen LogP contribution in [0, 0.1) is 5.92 Å². The minimum atomic E-state index is -0.0871. The Morgan fingerprint density at radius 2 is 1.94 bits per heavy atom. The molecule has 2 heterocycles. The maximum atomic E-state index is 12.7. The molecule has 4 rings (SSSR count). The van der Waals surface area contributed by atoms with Gasteiger partial charge < -0.3 is 19.3 Å². The Morgan fingerprint density at radius 1 is 1.21 bits per heavy atom. The molecular weight excluding hydrogens is 456 g/mol. The molecule has 2 aromatic carbocycles. The van der Waals surface area contributed by atoms with E-state index in [2.05, 4.69) is 20.4 Å². The maximum absolute atomic E-state index is 12.7. The molecule has 34 heavy (non-hydrogen) atoms. The number of hydrogen-bond acceptors (Lipinski definition) is 7. The molecule has 0 spiro atoms. The molecule has 1 N–H and O–H groups in total. The summed E-state index contributed by atoms with van der Waals surface area (Å²) >= 11 is 6.05. The molecule has 0 saturated carbocycles. The van der Waals surface area contributed by atoms with Gasteiger partial charge in [0.2, 0.25) is 17.6 Å².